The van der Waals surface area contributed by atoms with Gasteiger partial charge in [-0.1, -0.05) is 0 Å². The van der Waals surface area contributed by atoms with Crippen LogP contribution in [0.1, 0.15) is 18.9 Å². The zero-order valence-electron chi connectivity index (χ0n) is 15.5. The second kappa shape index (κ2) is 5.68. The molecular formula is C19H18FN5O3S. The van der Waals surface area contributed by atoms with Crippen molar-refractivity contribution < 1.29 is 9.23 Å². The van der Waals surface area contributed by atoms with Crippen LogP contribution in [0.5, 0.6) is 0 Å². The Balaban J connectivity index is 1.59. The number of hydroxylamine groups is 1. The summed E-state index contributed by atoms with van der Waals surface area (Å²) >= 11 is 1.17. The van der Waals surface area contributed by atoms with Gasteiger partial charge in [0.15, 0.2) is 0 Å². The van der Waals surface area contributed by atoms with Gasteiger partial charge in [-0.05, 0) is 36.5 Å². The molecule has 3 aromatic rings. The molecule has 1 atom stereocenters. The predicted octanol–water partition coefficient (Wildman–Crippen LogP) is 1.53. The average molecular weight is 415 g/mol. The van der Waals surface area contributed by atoms with Crippen molar-refractivity contribution in [3.63, 3.8) is 0 Å². The van der Waals surface area contributed by atoms with Crippen molar-refractivity contribution in [2.24, 2.45) is 0 Å². The molecule has 1 saturated carbocycles. The molecule has 6 rings (SSSR count). The lowest BCUT2D eigenvalue weighted by Crippen LogP contribution is -2.31. The Morgan fingerprint density at radius 3 is 2.83 bits per heavy atom. The van der Waals surface area contributed by atoms with Crippen LogP contribution in [0.25, 0.3) is 21.1 Å². The minimum atomic E-state index is -0.492. The van der Waals surface area contributed by atoms with Crippen molar-refractivity contribution in [3.8, 4) is 0 Å². The molecule has 3 aliphatic rings. The molecule has 150 valence electrons. The van der Waals surface area contributed by atoms with E-state index in [0.717, 1.165) is 25.1 Å². The summed E-state index contributed by atoms with van der Waals surface area (Å²) in [5, 5.41) is 3.67. The number of pyridine rings is 1. The van der Waals surface area contributed by atoms with E-state index in [1.807, 2.05) is 15.7 Å². The van der Waals surface area contributed by atoms with Crippen LogP contribution >= 0.6 is 11.5 Å². The summed E-state index contributed by atoms with van der Waals surface area (Å²) in [5.74, 6) is -0.492. The first-order valence-electron chi connectivity index (χ1n) is 9.44. The van der Waals surface area contributed by atoms with Crippen LogP contribution < -0.4 is 26.7 Å². The van der Waals surface area contributed by atoms with Crippen molar-refractivity contribution >= 4 is 38.3 Å². The zero-order chi connectivity index (χ0) is 19.9. The SMILES string of the molecule is CONC1=CN(c2cc3c(cc2F)c(=O)c2c(=O)[nH]sc2n3C2CC2)CC12CN2. The number of aromatic amines is 1. The monoisotopic (exact) mass is 415 g/mol. The number of hydrogen-bond donors (Lipinski definition) is 3. The second-order valence-corrected chi connectivity index (χ2v) is 8.67. The van der Waals surface area contributed by atoms with E-state index in [1.54, 1.807) is 6.07 Å². The molecule has 10 heteroatoms. The number of fused-ring (bicyclic) bond motifs is 2. The standard InChI is InChI=1S/C19H18FN5O3S/c1-28-22-14-6-24(8-19(14)7-21-19)13-5-12-10(4-11(13)20)16(26)15-17(27)23-29-18(15)25(12)9-2-3-9/h4-6,9,21-22H,2-3,7-8H2,1H3,(H,23,27). The first-order chi connectivity index (χ1) is 14.0. The van der Waals surface area contributed by atoms with Crippen LogP contribution in [-0.4, -0.2) is 34.7 Å². The quantitative estimate of drug-likeness (QED) is 0.441. The van der Waals surface area contributed by atoms with E-state index < -0.39 is 16.8 Å². The predicted molar refractivity (Wildman–Crippen MR) is 109 cm³/mol. The van der Waals surface area contributed by atoms with Crippen molar-refractivity contribution in [2.45, 2.75) is 24.4 Å². The molecular weight excluding hydrogens is 397 g/mol. The van der Waals surface area contributed by atoms with Crippen LogP contribution in [0.2, 0.25) is 0 Å². The Morgan fingerprint density at radius 1 is 1.34 bits per heavy atom. The molecule has 0 amide bonds. The van der Waals surface area contributed by atoms with Crippen LogP contribution in [0.4, 0.5) is 10.1 Å². The summed E-state index contributed by atoms with van der Waals surface area (Å²) < 4.78 is 19.8. The maximum Gasteiger partial charge on any atom is 0.271 e. The van der Waals surface area contributed by atoms with Gasteiger partial charge in [-0.3, -0.25) is 24.3 Å². The fourth-order valence-corrected chi connectivity index (χ4v) is 5.18. The molecule has 2 aliphatic heterocycles. The Labute approximate surface area is 167 Å². The van der Waals surface area contributed by atoms with Crippen molar-refractivity contribution in [2.75, 3.05) is 25.1 Å². The van der Waals surface area contributed by atoms with Crippen molar-refractivity contribution in [3.05, 3.63) is 50.4 Å². The van der Waals surface area contributed by atoms with Crippen molar-refractivity contribution in [1.29, 1.82) is 0 Å². The lowest BCUT2D eigenvalue weighted by Gasteiger charge is -2.20. The molecule has 1 unspecified atom stereocenters. The van der Waals surface area contributed by atoms with Crippen molar-refractivity contribution in [1.82, 2.24) is 19.7 Å². The van der Waals surface area contributed by atoms with E-state index in [-0.39, 0.29) is 22.4 Å². The highest BCUT2D eigenvalue weighted by Crippen LogP contribution is 2.42. The highest BCUT2D eigenvalue weighted by Gasteiger charge is 2.51. The Morgan fingerprint density at radius 2 is 2.14 bits per heavy atom. The number of nitrogens with one attached hydrogen (secondary N) is 3. The third-order valence-electron chi connectivity index (χ3n) is 5.97. The number of benzene rings is 1. The number of nitrogens with zero attached hydrogens (tertiary/aromatic N) is 2. The Bertz CT molecular complexity index is 1330. The van der Waals surface area contributed by atoms with Crippen LogP contribution in [0.15, 0.2) is 33.6 Å². The van der Waals surface area contributed by atoms with Crippen LogP contribution in [-0.2, 0) is 4.84 Å². The molecule has 2 aromatic heterocycles. The minimum absolute atomic E-state index is 0.121. The van der Waals surface area contributed by atoms with Gasteiger partial charge in [0.1, 0.15) is 16.0 Å². The van der Waals surface area contributed by atoms with Gasteiger partial charge >= 0.3 is 0 Å². The summed E-state index contributed by atoms with van der Waals surface area (Å²) in [6.45, 7) is 1.35. The topological polar surface area (TPSA) is 101 Å². The molecule has 0 bridgehead atoms. The molecule has 4 heterocycles. The van der Waals surface area contributed by atoms with Gasteiger partial charge in [-0.25, -0.2) is 4.39 Å². The van der Waals surface area contributed by atoms with Gasteiger partial charge in [-0.2, -0.15) is 0 Å². The maximum absolute atomic E-state index is 15.1. The van der Waals surface area contributed by atoms with Crippen LogP contribution in [0.3, 0.4) is 0 Å². The van der Waals surface area contributed by atoms with E-state index in [2.05, 4.69) is 15.2 Å². The number of hydrogen-bond acceptors (Lipinski definition) is 7. The summed E-state index contributed by atoms with van der Waals surface area (Å²) in [7, 11) is 1.54. The maximum atomic E-state index is 15.1. The van der Waals surface area contributed by atoms with Crippen LogP contribution in [0, 0.1) is 5.82 Å². The Kier molecular flexibility index (Phi) is 3.37. The normalized spacial score (nSPS) is 23.4. The van der Waals surface area contributed by atoms with Gasteiger partial charge in [0.2, 0.25) is 5.43 Å². The highest BCUT2D eigenvalue weighted by atomic mass is 32.1. The fraction of sp³-hybridized carbons (Fsp3) is 0.368. The molecule has 2 fully saturated rings. The molecule has 1 aromatic carbocycles. The molecule has 1 spiro atoms. The number of rotatable bonds is 4. The average Bonchev–Trinajstić information content (AvgIpc) is 3.59. The van der Waals surface area contributed by atoms with Gasteiger partial charge in [0.25, 0.3) is 5.56 Å². The number of aromatic nitrogens is 2. The Hall–Kier alpha value is -2.69. The smallest absolute Gasteiger partial charge is 0.271 e. The lowest BCUT2D eigenvalue weighted by molar-refractivity contribution is 0.112. The number of halogens is 1. The van der Waals surface area contributed by atoms with Gasteiger partial charge < -0.3 is 14.8 Å². The number of H-pyrrole nitrogens is 1. The van der Waals surface area contributed by atoms with E-state index in [0.29, 0.717) is 22.6 Å². The molecule has 8 nitrogen and oxygen atoms in total. The first-order valence-corrected chi connectivity index (χ1v) is 10.3. The molecule has 0 radical (unpaired) electrons. The van der Waals surface area contributed by atoms with Gasteiger partial charge in [0, 0.05) is 30.7 Å². The molecule has 1 aliphatic carbocycles. The summed E-state index contributed by atoms with van der Waals surface area (Å²) in [6, 6.07) is 3.23. The second-order valence-electron chi connectivity index (χ2n) is 7.88. The van der Waals surface area contributed by atoms with E-state index in [4.69, 9.17) is 4.84 Å². The van der Waals surface area contributed by atoms with Gasteiger partial charge in [0.05, 0.1) is 29.5 Å². The summed E-state index contributed by atoms with van der Waals surface area (Å²) in [6.07, 6.45) is 3.79. The third-order valence-corrected chi connectivity index (χ3v) is 6.86. The largest absolute Gasteiger partial charge is 0.341 e. The van der Waals surface area contributed by atoms with E-state index >= 15 is 4.39 Å². The highest BCUT2D eigenvalue weighted by molar-refractivity contribution is 7.12. The van der Waals surface area contributed by atoms with E-state index in [9.17, 15) is 9.59 Å². The first kappa shape index (κ1) is 17.2. The van der Waals surface area contributed by atoms with Gasteiger partial charge in [-0.15, -0.1) is 0 Å². The minimum Gasteiger partial charge on any atom is -0.341 e. The summed E-state index contributed by atoms with van der Waals surface area (Å²) in [4.78, 5) is 32.6. The summed E-state index contributed by atoms with van der Waals surface area (Å²) in [5.41, 5.74) is 3.70. The fourth-order valence-electron chi connectivity index (χ4n) is 4.25. The molecule has 3 N–H and O–H groups in total. The number of anilines is 1. The molecule has 1 saturated heterocycles. The lowest BCUT2D eigenvalue weighted by atomic mass is 10.1. The third kappa shape index (κ3) is 2.36. The van der Waals surface area contributed by atoms with E-state index in [1.165, 1.54) is 24.7 Å². The molecule has 29 heavy (non-hydrogen) atoms. The zero-order valence-corrected chi connectivity index (χ0v) is 16.4.